The highest BCUT2D eigenvalue weighted by atomic mass is 35.5. The molecule has 17 heteroatoms. The summed E-state index contributed by atoms with van der Waals surface area (Å²) >= 11 is 6.49. The van der Waals surface area contributed by atoms with Crippen LogP contribution >= 0.6 is 18.7 Å². The van der Waals surface area contributed by atoms with Gasteiger partial charge < -0.3 is 39.5 Å². The summed E-state index contributed by atoms with van der Waals surface area (Å²) in [7, 11) is -0.881. The first kappa shape index (κ1) is 42.1. The standard InChI is InChI=1S/C45H54ClN10O5P/c1-61-39-23-33(9-11-36(39)49-45-47-24-35(46)42(51-45)48-37-6-4-5-7-40(37)62(2,3)60)53-16-14-31(15-17-53)54-20-18-52(19-21-54)25-29-26-55(27-29)32-8-10-34-30(22-32)28-56(44(34)59)38-12-13-41(57)50-43(38)58/h4-11,22-24,29,31,38H,12-21,25-28H2,1-3H3,(H,50,57,58)(H2,47,48,49,51). The molecule has 4 fully saturated rings. The number of carbonyl (C=O) groups excluding carboxylic acids is 3. The van der Waals surface area contributed by atoms with Gasteiger partial charge in [0.1, 0.15) is 24.0 Å². The SMILES string of the molecule is COc1cc(N2CCC(N3CCN(CC4CN(c5ccc6c(c5)CN(C5CCC(=O)NC5=O)C6=O)C4)CC3)CC2)ccc1Nc1ncc(Cl)c(Nc2ccccc2P(C)(C)=O)n1. The molecular weight excluding hydrogens is 827 g/mol. The molecule has 3 N–H and O–H groups in total. The Bertz CT molecular complexity index is 2410. The van der Waals surface area contributed by atoms with E-state index in [4.69, 9.17) is 16.3 Å². The van der Waals surface area contributed by atoms with Gasteiger partial charge in [0.15, 0.2) is 5.82 Å². The molecule has 0 bridgehead atoms. The van der Waals surface area contributed by atoms with Crippen LogP contribution in [0.1, 0.15) is 41.6 Å². The first-order valence-electron chi connectivity index (χ1n) is 21.5. The third-order valence-electron chi connectivity index (χ3n) is 13.0. The molecular formula is C45H54ClN10O5P. The van der Waals surface area contributed by atoms with Crippen LogP contribution in [0.5, 0.6) is 5.75 Å². The Morgan fingerprint density at radius 3 is 2.35 bits per heavy atom. The van der Waals surface area contributed by atoms with Crippen molar-refractivity contribution in [1.29, 1.82) is 0 Å². The zero-order valence-corrected chi connectivity index (χ0v) is 37.1. The van der Waals surface area contributed by atoms with Crippen molar-refractivity contribution in [2.75, 3.05) is 99.8 Å². The minimum absolute atomic E-state index is 0.130. The van der Waals surface area contributed by atoms with Gasteiger partial charge in [-0.05, 0) is 80.6 Å². The number of piperazine rings is 1. The van der Waals surface area contributed by atoms with Gasteiger partial charge in [-0.15, -0.1) is 0 Å². The Labute approximate surface area is 367 Å². The zero-order chi connectivity index (χ0) is 43.1. The average molecular weight is 881 g/mol. The highest BCUT2D eigenvalue weighted by Gasteiger charge is 2.40. The fraction of sp³-hybridized carbons (Fsp3) is 0.444. The average Bonchev–Trinajstić information content (AvgIpc) is 3.58. The molecule has 5 aliphatic heterocycles. The molecule has 62 heavy (non-hydrogen) atoms. The van der Waals surface area contributed by atoms with E-state index in [0.29, 0.717) is 58.7 Å². The molecule has 1 aromatic heterocycles. The predicted molar refractivity (Wildman–Crippen MR) is 244 cm³/mol. The molecule has 0 spiro atoms. The van der Waals surface area contributed by atoms with E-state index < -0.39 is 13.2 Å². The van der Waals surface area contributed by atoms with Gasteiger partial charge in [0.25, 0.3) is 5.91 Å². The van der Waals surface area contributed by atoms with Crippen LogP contribution in [0, 0.1) is 5.92 Å². The van der Waals surface area contributed by atoms with Crippen molar-refractivity contribution >= 4 is 76.3 Å². The number of carbonyl (C=O) groups is 3. The number of nitrogens with one attached hydrogen (secondary N) is 3. The predicted octanol–water partition coefficient (Wildman–Crippen LogP) is 5.36. The van der Waals surface area contributed by atoms with E-state index in [9.17, 15) is 18.9 Å². The minimum atomic E-state index is -2.54. The van der Waals surface area contributed by atoms with E-state index in [-0.39, 0.29) is 24.1 Å². The second kappa shape index (κ2) is 17.5. The number of amides is 3. The molecule has 6 heterocycles. The lowest BCUT2D eigenvalue weighted by Crippen LogP contribution is -2.57. The minimum Gasteiger partial charge on any atom is -0.494 e. The number of hydrogen-bond donors (Lipinski definition) is 3. The molecule has 0 radical (unpaired) electrons. The van der Waals surface area contributed by atoms with Crippen LogP contribution in [0.3, 0.4) is 0 Å². The van der Waals surface area contributed by atoms with Gasteiger partial charge in [-0.3, -0.25) is 24.6 Å². The van der Waals surface area contributed by atoms with Gasteiger partial charge in [-0.1, -0.05) is 23.7 Å². The van der Waals surface area contributed by atoms with Crippen molar-refractivity contribution in [2.24, 2.45) is 5.92 Å². The number of aromatic nitrogens is 2. The van der Waals surface area contributed by atoms with Gasteiger partial charge >= 0.3 is 0 Å². The fourth-order valence-corrected chi connectivity index (χ4v) is 10.9. The summed E-state index contributed by atoms with van der Waals surface area (Å²) in [5.74, 6) is 1.28. The third-order valence-corrected chi connectivity index (χ3v) is 14.8. The normalized spacial score (nSPS) is 20.5. The smallest absolute Gasteiger partial charge is 0.255 e. The van der Waals surface area contributed by atoms with Gasteiger partial charge in [0.2, 0.25) is 17.8 Å². The number of para-hydroxylation sites is 1. The molecule has 9 rings (SSSR count). The van der Waals surface area contributed by atoms with Gasteiger partial charge in [0.05, 0.1) is 24.7 Å². The summed E-state index contributed by atoms with van der Waals surface area (Å²) in [5.41, 5.74) is 5.28. The van der Waals surface area contributed by atoms with Crippen LogP contribution < -0.4 is 35.8 Å². The number of imide groups is 1. The summed E-state index contributed by atoms with van der Waals surface area (Å²) in [5, 5.41) is 10.0. The summed E-state index contributed by atoms with van der Waals surface area (Å²) < 4.78 is 18.7. The van der Waals surface area contributed by atoms with Crippen molar-refractivity contribution in [3.8, 4) is 5.75 Å². The van der Waals surface area contributed by atoms with Gasteiger partial charge in [0, 0.05) is 112 Å². The van der Waals surface area contributed by atoms with Crippen LogP contribution in [0.4, 0.5) is 34.5 Å². The van der Waals surface area contributed by atoms with E-state index in [1.807, 2.05) is 42.5 Å². The van der Waals surface area contributed by atoms with Crippen LogP contribution in [0.2, 0.25) is 5.02 Å². The second-order valence-electron chi connectivity index (χ2n) is 17.5. The molecule has 15 nitrogen and oxygen atoms in total. The molecule has 1 unspecified atom stereocenters. The first-order chi connectivity index (χ1) is 29.9. The van der Waals surface area contributed by atoms with Crippen LogP contribution in [0.25, 0.3) is 0 Å². The van der Waals surface area contributed by atoms with Crippen molar-refractivity contribution < 1.29 is 23.7 Å². The molecule has 4 saturated heterocycles. The van der Waals surface area contributed by atoms with E-state index in [1.165, 1.54) is 6.20 Å². The van der Waals surface area contributed by atoms with Crippen molar-refractivity contribution in [1.82, 2.24) is 30.0 Å². The highest BCUT2D eigenvalue weighted by molar-refractivity contribution is 7.70. The lowest BCUT2D eigenvalue weighted by Gasteiger charge is -2.46. The monoisotopic (exact) mass is 880 g/mol. The lowest BCUT2D eigenvalue weighted by molar-refractivity contribution is -0.136. The molecule has 3 amide bonds. The molecule has 5 aliphatic rings. The maximum absolute atomic E-state index is 13.1. The number of methoxy groups -OCH3 is 1. The maximum Gasteiger partial charge on any atom is 0.255 e. The molecule has 4 aromatic rings. The lowest BCUT2D eigenvalue weighted by atomic mass is 9.96. The highest BCUT2D eigenvalue weighted by Crippen LogP contribution is 2.39. The number of anilines is 6. The Morgan fingerprint density at radius 1 is 0.871 bits per heavy atom. The first-order valence-corrected chi connectivity index (χ1v) is 24.5. The summed E-state index contributed by atoms with van der Waals surface area (Å²) in [4.78, 5) is 58.0. The van der Waals surface area contributed by atoms with E-state index >= 15 is 0 Å². The van der Waals surface area contributed by atoms with E-state index in [2.05, 4.69) is 63.7 Å². The Hall–Kier alpha value is -5.21. The fourth-order valence-electron chi connectivity index (χ4n) is 9.61. The largest absolute Gasteiger partial charge is 0.494 e. The van der Waals surface area contributed by atoms with Crippen molar-refractivity contribution in [3.05, 3.63) is 83.0 Å². The molecule has 0 saturated carbocycles. The number of piperidine rings is 2. The number of nitrogens with zero attached hydrogens (tertiary/aromatic N) is 7. The number of hydrogen-bond acceptors (Lipinski definition) is 13. The summed E-state index contributed by atoms with van der Waals surface area (Å²) in [6.07, 6.45) is 4.39. The Kier molecular flexibility index (Phi) is 11.9. The van der Waals surface area contributed by atoms with E-state index in [0.717, 1.165) is 99.7 Å². The second-order valence-corrected chi connectivity index (χ2v) is 21.1. The summed E-state index contributed by atoms with van der Waals surface area (Å²) in [6, 6.07) is 19.7. The Morgan fingerprint density at radius 2 is 1.61 bits per heavy atom. The van der Waals surface area contributed by atoms with Crippen molar-refractivity contribution in [2.45, 2.75) is 44.3 Å². The molecule has 1 atom stereocenters. The zero-order valence-electron chi connectivity index (χ0n) is 35.5. The Balaban J connectivity index is 0.724. The van der Waals surface area contributed by atoms with Gasteiger partial charge in [-0.2, -0.15) is 4.98 Å². The molecule has 326 valence electrons. The van der Waals surface area contributed by atoms with E-state index in [1.54, 1.807) is 25.3 Å². The maximum atomic E-state index is 13.1. The van der Waals surface area contributed by atoms with Crippen LogP contribution in [0.15, 0.2) is 66.9 Å². The number of halogens is 1. The molecule has 3 aromatic carbocycles. The number of ether oxygens (including phenoxy) is 1. The number of fused-ring (bicyclic) bond motifs is 1. The quantitative estimate of drug-likeness (QED) is 0.124. The van der Waals surface area contributed by atoms with Crippen LogP contribution in [-0.4, -0.2) is 134 Å². The van der Waals surface area contributed by atoms with Crippen LogP contribution in [-0.2, 0) is 20.7 Å². The number of benzene rings is 3. The third kappa shape index (κ3) is 8.86. The topological polar surface area (TPSA) is 156 Å². The van der Waals surface area contributed by atoms with Crippen molar-refractivity contribution in [3.63, 3.8) is 0 Å². The number of rotatable bonds is 12. The van der Waals surface area contributed by atoms with Gasteiger partial charge in [-0.25, -0.2) is 4.98 Å². The molecule has 0 aliphatic carbocycles. The summed E-state index contributed by atoms with van der Waals surface area (Å²) in [6.45, 7) is 13.3.